The topological polar surface area (TPSA) is 94.0 Å². The number of aromatic nitrogens is 2. The monoisotopic (exact) mass is 252 g/mol. The van der Waals surface area contributed by atoms with Gasteiger partial charge in [-0.3, -0.25) is 4.79 Å². The number of rotatable bonds is 7. The minimum Gasteiger partial charge on any atom is -0.361 e. The number of nitrogens with two attached hydrogens (primary N) is 1. The zero-order chi connectivity index (χ0) is 13.5. The van der Waals surface area contributed by atoms with Crippen molar-refractivity contribution < 1.29 is 9.32 Å². The van der Waals surface area contributed by atoms with Crippen molar-refractivity contribution in [3.8, 4) is 0 Å². The fourth-order valence-electron chi connectivity index (χ4n) is 1.42. The van der Waals surface area contributed by atoms with Gasteiger partial charge in [0.15, 0.2) is 5.82 Å². The number of nitrogens with one attached hydrogen (secondary N) is 1. The first-order chi connectivity index (χ1) is 8.49. The quantitative estimate of drug-likeness (QED) is 0.715. The predicted octanol–water partition coefficient (Wildman–Crippen LogP) is 1.39. The summed E-state index contributed by atoms with van der Waals surface area (Å²) in [6.45, 7) is 6.73. The van der Waals surface area contributed by atoms with Crippen molar-refractivity contribution in [2.75, 3.05) is 0 Å². The average Bonchev–Trinajstić information content (AvgIpc) is 2.74. The molecule has 0 radical (unpaired) electrons. The highest BCUT2D eigenvalue weighted by Gasteiger charge is 2.11. The summed E-state index contributed by atoms with van der Waals surface area (Å²) in [7, 11) is 0. The van der Waals surface area contributed by atoms with E-state index in [0.29, 0.717) is 18.4 Å². The minimum absolute atomic E-state index is 0.149. The van der Waals surface area contributed by atoms with Crippen LogP contribution in [0.1, 0.15) is 50.1 Å². The van der Waals surface area contributed by atoms with E-state index >= 15 is 0 Å². The summed E-state index contributed by atoms with van der Waals surface area (Å²) < 4.78 is 4.69. The lowest BCUT2D eigenvalue weighted by Gasteiger charge is -2.10. The molecule has 0 saturated heterocycles. The maximum absolute atomic E-state index is 10.8. The molecule has 0 aliphatic heterocycles. The molecule has 1 amide bonds. The first kappa shape index (κ1) is 14.4. The summed E-state index contributed by atoms with van der Waals surface area (Å²) in [6.07, 6.45) is 4.28. The zero-order valence-electron chi connectivity index (χ0n) is 11.1. The van der Waals surface area contributed by atoms with E-state index in [1.54, 1.807) is 0 Å². The molecule has 0 spiro atoms. The van der Waals surface area contributed by atoms with Gasteiger partial charge in [0.1, 0.15) is 0 Å². The molecule has 100 valence electrons. The lowest BCUT2D eigenvalue weighted by atomic mass is 10.1. The summed E-state index contributed by atoms with van der Waals surface area (Å²) in [6, 6.07) is 0.344. The number of carbonyl (C=O) groups is 1. The maximum Gasteiger partial charge on any atom is 0.315 e. The fraction of sp³-hybridized carbons (Fsp3) is 0.583. The van der Waals surface area contributed by atoms with E-state index in [4.69, 9.17) is 5.73 Å². The molecule has 3 N–H and O–H groups in total. The van der Waals surface area contributed by atoms with Crippen molar-refractivity contribution in [3.63, 3.8) is 0 Å². The summed E-state index contributed by atoms with van der Waals surface area (Å²) in [4.78, 5) is 14.6. The molecular weight excluding hydrogens is 232 g/mol. The highest BCUT2D eigenvalue weighted by Crippen LogP contribution is 2.02. The van der Waals surface area contributed by atoms with Crippen molar-refractivity contribution in [2.45, 2.75) is 46.2 Å². The smallest absolute Gasteiger partial charge is 0.315 e. The predicted molar refractivity (Wildman–Crippen MR) is 67.8 cm³/mol. The van der Waals surface area contributed by atoms with E-state index in [-0.39, 0.29) is 5.89 Å². The molecule has 1 rings (SSSR count). The Bertz CT molecular complexity index is 421. The van der Waals surface area contributed by atoms with Crippen LogP contribution in [0.5, 0.6) is 0 Å². The highest BCUT2D eigenvalue weighted by molar-refractivity contribution is 5.87. The van der Waals surface area contributed by atoms with Crippen molar-refractivity contribution in [2.24, 2.45) is 5.73 Å². The van der Waals surface area contributed by atoms with Gasteiger partial charge < -0.3 is 15.6 Å². The number of allylic oxidation sites excluding steroid dienone is 2. The number of hydrogen-bond donors (Lipinski definition) is 2. The van der Waals surface area contributed by atoms with Crippen LogP contribution in [-0.4, -0.2) is 22.1 Å². The van der Waals surface area contributed by atoms with Crippen LogP contribution in [0, 0.1) is 0 Å². The minimum atomic E-state index is -0.703. The number of hydrogen-bond acceptors (Lipinski definition) is 5. The summed E-state index contributed by atoms with van der Waals surface area (Å²) in [5.74, 6) is -0.410. The average molecular weight is 252 g/mol. The molecule has 1 aromatic rings. The Morgan fingerprint density at radius 3 is 2.83 bits per heavy atom. The molecule has 0 aliphatic rings. The van der Waals surface area contributed by atoms with Crippen LogP contribution in [0.2, 0.25) is 0 Å². The van der Waals surface area contributed by atoms with Gasteiger partial charge in [-0.05, 0) is 33.6 Å². The van der Waals surface area contributed by atoms with Gasteiger partial charge in [0, 0.05) is 6.04 Å². The van der Waals surface area contributed by atoms with Crippen LogP contribution in [-0.2, 0) is 6.54 Å². The van der Waals surface area contributed by atoms with Gasteiger partial charge in [-0.2, -0.15) is 4.98 Å². The largest absolute Gasteiger partial charge is 0.361 e. The van der Waals surface area contributed by atoms with Crippen molar-refractivity contribution in [1.82, 2.24) is 15.5 Å². The van der Waals surface area contributed by atoms with Gasteiger partial charge in [0.05, 0.1) is 6.54 Å². The van der Waals surface area contributed by atoms with Crippen LogP contribution in [0.3, 0.4) is 0 Å². The Hall–Kier alpha value is -1.69. The second kappa shape index (κ2) is 6.90. The highest BCUT2D eigenvalue weighted by atomic mass is 16.5. The van der Waals surface area contributed by atoms with E-state index in [0.717, 1.165) is 12.8 Å². The van der Waals surface area contributed by atoms with Gasteiger partial charge in [-0.25, -0.2) is 0 Å². The summed E-state index contributed by atoms with van der Waals surface area (Å²) in [5.41, 5.74) is 6.34. The Morgan fingerprint density at radius 2 is 2.28 bits per heavy atom. The summed E-state index contributed by atoms with van der Waals surface area (Å²) in [5, 5.41) is 6.92. The lowest BCUT2D eigenvalue weighted by molar-refractivity contribution is 0.0958. The molecule has 1 aromatic heterocycles. The molecule has 0 aromatic carbocycles. The van der Waals surface area contributed by atoms with Crippen LogP contribution in [0.15, 0.2) is 16.2 Å². The van der Waals surface area contributed by atoms with Gasteiger partial charge in [0.2, 0.25) is 0 Å². The third kappa shape index (κ3) is 5.09. The molecule has 0 bridgehead atoms. The molecule has 1 atom stereocenters. The number of nitrogens with zero attached hydrogens (tertiary/aromatic N) is 2. The third-order valence-electron chi connectivity index (χ3n) is 2.44. The van der Waals surface area contributed by atoms with Crippen molar-refractivity contribution in [3.05, 3.63) is 23.4 Å². The zero-order valence-corrected chi connectivity index (χ0v) is 11.1. The molecule has 0 unspecified atom stereocenters. The summed E-state index contributed by atoms with van der Waals surface area (Å²) >= 11 is 0. The van der Waals surface area contributed by atoms with Gasteiger partial charge >= 0.3 is 11.8 Å². The molecule has 18 heavy (non-hydrogen) atoms. The normalized spacial score (nSPS) is 12.2. The van der Waals surface area contributed by atoms with Crippen LogP contribution in [0.25, 0.3) is 0 Å². The molecule has 6 heteroatoms. The Kier molecular flexibility index (Phi) is 5.51. The lowest BCUT2D eigenvalue weighted by Crippen LogP contribution is -2.25. The second-order valence-corrected chi connectivity index (χ2v) is 4.52. The number of amides is 1. The first-order valence-corrected chi connectivity index (χ1v) is 5.98. The maximum atomic E-state index is 10.8. The van der Waals surface area contributed by atoms with Gasteiger partial charge in [-0.15, -0.1) is 0 Å². The van der Waals surface area contributed by atoms with E-state index in [1.807, 2.05) is 0 Å². The SMILES string of the molecule is CC(C)=CCC[C@@H](C)NCc1noc(C(N)=O)n1. The Labute approximate surface area is 107 Å². The molecular formula is C12H20N4O2. The number of primary amides is 1. The van der Waals surface area contributed by atoms with E-state index in [1.165, 1.54) is 5.57 Å². The first-order valence-electron chi connectivity index (χ1n) is 5.98. The van der Waals surface area contributed by atoms with E-state index < -0.39 is 5.91 Å². The van der Waals surface area contributed by atoms with Gasteiger partial charge in [-0.1, -0.05) is 16.8 Å². The number of carbonyl (C=O) groups excluding carboxylic acids is 1. The second-order valence-electron chi connectivity index (χ2n) is 4.52. The van der Waals surface area contributed by atoms with E-state index in [2.05, 4.69) is 46.8 Å². The van der Waals surface area contributed by atoms with Crippen LogP contribution >= 0.6 is 0 Å². The van der Waals surface area contributed by atoms with Crippen molar-refractivity contribution in [1.29, 1.82) is 0 Å². The standard InChI is InChI=1S/C12H20N4O2/c1-8(2)5-4-6-9(3)14-7-10-15-12(11(13)17)18-16-10/h5,9,14H,4,6-7H2,1-3H3,(H2,13,17)/t9-/m1/s1. The van der Waals surface area contributed by atoms with Crippen molar-refractivity contribution >= 4 is 5.91 Å². The van der Waals surface area contributed by atoms with Crippen LogP contribution < -0.4 is 11.1 Å². The van der Waals surface area contributed by atoms with E-state index in [9.17, 15) is 4.79 Å². The molecule has 0 aliphatic carbocycles. The molecule has 0 saturated carbocycles. The van der Waals surface area contributed by atoms with Crippen LogP contribution in [0.4, 0.5) is 0 Å². The molecule has 0 fully saturated rings. The Morgan fingerprint density at radius 1 is 1.56 bits per heavy atom. The molecule has 1 heterocycles. The third-order valence-corrected chi connectivity index (χ3v) is 2.44. The molecule has 6 nitrogen and oxygen atoms in total. The fourth-order valence-corrected chi connectivity index (χ4v) is 1.42. The Balaban J connectivity index is 2.31. The van der Waals surface area contributed by atoms with Gasteiger partial charge in [0.25, 0.3) is 0 Å².